The van der Waals surface area contributed by atoms with Crippen LogP contribution in [0.4, 0.5) is 18.0 Å². The molecule has 0 spiro atoms. The second-order valence-corrected chi connectivity index (χ2v) is 5.85. The Hall–Kier alpha value is -2.97. The summed E-state index contributed by atoms with van der Waals surface area (Å²) in [5.41, 5.74) is 1.78. The van der Waals surface area contributed by atoms with Gasteiger partial charge in [0.2, 0.25) is 5.69 Å². The minimum Gasteiger partial charge on any atom is -0.406 e. The minimum atomic E-state index is -4.70. The lowest BCUT2D eigenvalue weighted by atomic mass is 10.1. The highest BCUT2D eigenvalue weighted by molar-refractivity contribution is 5.84. The zero-order valence-electron chi connectivity index (χ0n) is 14.1. The summed E-state index contributed by atoms with van der Waals surface area (Å²) in [6, 6.07) is 7.76. The molecule has 0 atom stereocenters. The van der Waals surface area contributed by atoms with Gasteiger partial charge >= 0.3 is 12.3 Å². The molecule has 0 saturated carbocycles. The van der Waals surface area contributed by atoms with Crippen molar-refractivity contribution in [2.45, 2.75) is 19.5 Å². The molecule has 138 valence electrons. The number of amides is 1. The molecule has 0 fully saturated rings. The van der Waals surface area contributed by atoms with Crippen molar-refractivity contribution in [3.8, 4) is 5.75 Å². The molecule has 0 bridgehead atoms. The Kier molecular flexibility index (Phi) is 4.62. The maximum absolute atomic E-state index is 12.9. The minimum absolute atomic E-state index is 0.225. The Bertz CT molecular complexity index is 943. The van der Waals surface area contributed by atoms with Gasteiger partial charge < -0.3 is 15.0 Å². The predicted molar refractivity (Wildman–Crippen MR) is 89.0 cm³/mol. The van der Waals surface area contributed by atoms with Crippen molar-refractivity contribution in [1.82, 2.24) is 20.1 Å². The quantitative estimate of drug-likeness (QED) is 0.742. The van der Waals surface area contributed by atoms with Gasteiger partial charge in [0.1, 0.15) is 0 Å². The van der Waals surface area contributed by atoms with Crippen LogP contribution in [0.5, 0.6) is 5.75 Å². The van der Waals surface area contributed by atoms with E-state index in [1.807, 2.05) is 31.2 Å². The summed E-state index contributed by atoms with van der Waals surface area (Å²) in [6.45, 7) is 2.15. The van der Waals surface area contributed by atoms with Crippen LogP contribution < -0.4 is 10.1 Å². The number of hydrogen-bond donors (Lipinski definition) is 2. The molecule has 1 aromatic carbocycles. The van der Waals surface area contributed by atoms with Crippen LogP contribution in [0.2, 0.25) is 0 Å². The van der Waals surface area contributed by atoms with Crippen LogP contribution >= 0.6 is 0 Å². The van der Waals surface area contributed by atoms with E-state index >= 15 is 0 Å². The van der Waals surface area contributed by atoms with Crippen LogP contribution in [0, 0.1) is 6.92 Å². The third-order valence-electron chi connectivity index (χ3n) is 3.94. The summed E-state index contributed by atoms with van der Waals surface area (Å²) in [6.07, 6.45) is -4.13. The zero-order chi connectivity index (χ0) is 18.9. The topological polar surface area (TPSA) is 71.9 Å². The lowest BCUT2D eigenvalue weighted by molar-refractivity contribution is -0.142. The molecule has 1 amide bonds. The number of rotatable bonds is 4. The molecule has 3 aromatic rings. The highest BCUT2D eigenvalue weighted by Gasteiger charge is 2.38. The Balaban J connectivity index is 1.62. The molecule has 9 heteroatoms. The maximum atomic E-state index is 12.9. The molecular formula is C17H17F3N4O2. The van der Waals surface area contributed by atoms with Crippen LogP contribution in [-0.2, 0) is 19.6 Å². The van der Waals surface area contributed by atoms with Gasteiger partial charge in [0.25, 0.3) is 0 Å². The Labute approximate surface area is 146 Å². The van der Waals surface area contributed by atoms with Gasteiger partial charge in [-0.05, 0) is 25.0 Å². The van der Waals surface area contributed by atoms with Crippen molar-refractivity contribution >= 4 is 17.0 Å². The first-order valence-corrected chi connectivity index (χ1v) is 7.88. The van der Waals surface area contributed by atoms with E-state index < -0.39 is 23.7 Å². The number of ether oxygens (including phenoxy) is 1. The van der Waals surface area contributed by atoms with Gasteiger partial charge in [0, 0.05) is 30.2 Å². The highest BCUT2D eigenvalue weighted by atomic mass is 19.4. The van der Waals surface area contributed by atoms with Gasteiger partial charge in [-0.25, -0.2) is 4.79 Å². The van der Waals surface area contributed by atoms with E-state index in [0.29, 0.717) is 6.42 Å². The summed E-state index contributed by atoms with van der Waals surface area (Å²) < 4.78 is 44.3. The predicted octanol–water partition coefficient (Wildman–Crippen LogP) is 3.56. The number of alkyl halides is 3. The van der Waals surface area contributed by atoms with Gasteiger partial charge in [0.15, 0.2) is 5.75 Å². The number of para-hydroxylation sites is 1. The van der Waals surface area contributed by atoms with Gasteiger partial charge in [-0.15, -0.1) is 0 Å². The number of aromatic amines is 1. The van der Waals surface area contributed by atoms with Gasteiger partial charge in [0.05, 0.1) is 6.20 Å². The summed E-state index contributed by atoms with van der Waals surface area (Å²) in [5.74, 6) is -0.624. The van der Waals surface area contributed by atoms with Crippen molar-refractivity contribution in [1.29, 1.82) is 0 Å². The highest BCUT2D eigenvalue weighted by Crippen LogP contribution is 2.34. The maximum Gasteiger partial charge on any atom is 0.438 e. The number of aryl methyl sites for hydroxylation is 2. The van der Waals surface area contributed by atoms with E-state index in [1.165, 1.54) is 7.05 Å². The molecule has 2 heterocycles. The van der Waals surface area contributed by atoms with E-state index in [-0.39, 0.29) is 6.54 Å². The number of carbonyl (C=O) groups is 1. The van der Waals surface area contributed by atoms with Crippen LogP contribution in [0.3, 0.4) is 0 Å². The van der Waals surface area contributed by atoms with Crippen LogP contribution in [0.25, 0.3) is 10.9 Å². The van der Waals surface area contributed by atoms with Crippen molar-refractivity contribution in [2.24, 2.45) is 7.05 Å². The fourth-order valence-electron chi connectivity index (χ4n) is 2.82. The van der Waals surface area contributed by atoms with Crippen molar-refractivity contribution in [3.63, 3.8) is 0 Å². The fourth-order valence-corrected chi connectivity index (χ4v) is 2.82. The Morgan fingerprint density at radius 3 is 2.81 bits per heavy atom. The number of nitrogens with zero attached hydrogens (tertiary/aromatic N) is 2. The summed E-state index contributed by atoms with van der Waals surface area (Å²) in [5, 5.41) is 6.80. The molecule has 0 aliphatic carbocycles. The van der Waals surface area contributed by atoms with Gasteiger partial charge in [-0.2, -0.15) is 18.3 Å². The SMILES string of the molecule is Cc1[nH]c2ccccc2c1CCNC(=O)Oc1cn(C)nc1C(F)(F)F. The zero-order valence-corrected chi connectivity index (χ0v) is 14.1. The molecule has 0 aliphatic rings. The van der Waals surface area contributed by atoms with E-state index in [4.69, 9.17) is 4.74 Å². The number of H-pyrrole nitrogens is 1. The number of benzene rings is 1. The van der Waals surface area contributed by atoms with Crippen LogP contribution in [0.15, 0.2) is 30.5 Å². The molecule has 0 radical (unpaired) electrons. The molecule has 0 saturated heterocycles. The number of nitrogens with one attached hydrogen (secondary N) is 2. The first kappa shape index (κ1) is 17.8. The van der Waals surface area contributed by atoms with Crippen molar-refractivity contribution in [2.75, 3.05) is 6.54 Å². The average Bonchev–Trinajstić information content (AvgIpc) is 3.07. The second-order valence-electron chi connectivity index (χ2n) is 5.85. The van der Waals surface area contributed by atoms with E-state index in [0.717, 1.165) is 33.0 Å². The first-order valence-electron chi connectivity index (χ1n) is 7.88. The van der Waals surface area contributed by atoms with E-state index in [1.54, 1.807) is 0 Å². The monoisotopic (exact) mass is 366 g/mol. The third-order valence-corrected chi connectivity index (χ3v) is 3.94. The standard InChI is InChI=1S/C17H17F3N4O2/c1-10-11(12-5-3-4-6-13(12)22-10)7-8-21-16(25)26-14-9-24(2)23-15(14)17(18,19)20/h3-6,9,22H,7-8H2,1-2H3,(H,21,25). The molecular weight excluding hydrogens is 349 g/mol. The van der Waals surface area contributed by atoms with E-state index in [2.05, 4.69) is 15.4 Å². The number of aromatic nitrogens is 3. The smallest absolute Gasteiger partial charge is 0.406 e. The normalized spacial score (nSPS) is 11.7. The molecule has 26 heavy (non-hydrogen) atoms. The van der Waals surface area contributed by atoms with Crippen molar-refractivity contribution in [3.05, 3.63) is 47.4 Å². The van der Waals surface area contributed by atoms with Gasteiger partial charge in [-0.3, -0.25) is 4.68 Å². The second kappa shape index (κ2) is 6.74. The summed E-state index contributed by atoms with van der Waals surface area (Å²) in [4.78, 5) is 15.1. The summed E-state index contributed by atoms with van der Waals surface area (Å²) >= 11 is 0. The third kappa shape index (κ3) is 3.66. The molecule has 3 rings (SSSR count). The lowest BCUT2D eigenvalue weighted by Crippen LogP contribution is -2.29. The van der Waals surface area contributed by atoms with Crippen LogP contribution in [-0.4, -0.2) is 27.4 Å². The first-order chi connectivity index (χ1) is 12.3. The molecule has 6 nitrogen and oxygen atoms in total. The number of halogens is 3. The number of fused-ring (bicyclic) bond motifs is 1. The molecule has 0 aliphatic heterocycles. The largest absolute Gasteiger partial charge is 0.438 e. The van der Waals surface area contributed by atoms with Crippen molar-refractivity contribution < 1.29 is 22.7 Å². The fraction of sp³-hybridized carbons (Fsp3) is 0.294. The van der Waals surface area contributed by atoms with E-state index in [9.17, 15) is 18.0 Å². The average molecular weight is 366 g/mol. The van der Waals surface area contributed by atoms with Gasteiger partial charge in [-0.1, -0.05) is 18.2 Å². The van der Waals surface area contributed by atoms with Crippen LogP contribution in [0.1, 0.15) is 17.0 Å². The number of hydrogen-bond acceptors (Lipinski definition) is 3. The molecule has 2 N–H and O–H groups in total. The Morgan fingerprint density at radius 2 is 2.08 bits per heavy atom. The lowest BCUT2D eigenvalue weighted by Gasteiger charge is -2.08. The summed E-state index contributed by atoms with van der Waals surface area (Å²) in [7, 11) is 1.32. The molecule has 0 unspecified atom stereocenters. The molecule has 2 aromatic heterocycles. The number of carbonyl (C=O) groups excluding carboxylic acids is 1. The Morgan fingerprint density at radius 1 is 1.35 bits per heavy atom.